The number of rotatable bonds is 14. The van der Waals surface area contributed by atoms with Crippen LogP contribution in [0.25, 0.3) is 0 Å². The lowest BCUT2D eigenvalue weighted by Crippen LogP contribution is -2.55. The summed E-state index contributed by atoms with van der Waals surface area (Å²) in [4.78, 5) is 52.6. The predicted molar refractivity (Wildman–Crippen MR) is 127 cm³/mol. The van der Waals surface area contributed by atoms with Crippen molar-refractivity contribution in [2.75, 3.05) is 13.1 Å². The molecule has 3 atom stereocenters. The minimum atomic E-state index is -1.19. The Morgan fingerprint density at radius 1 is 1.03 bits per heavy atom. The number of guanidine groups is 1. The first kappa shape index (κ1) is 28.4. The molecule has 0 spiro atoms. The normalized spacial score (nSPS) is 13.3. The van der Waals surface area contributed by atoms with Gasteiger partial charge in [-0.2, -0.15) is 0 Å². The van der Waals surface area contributed by atoms with E-state index in [1.165, 1.54) is 0 Å². The molecule has 1 aromatic rings. The molecule has 188 valence electrons. The SMILES string of the molecule is CC(C)C(NC(=O)CNC(=O)C(N)CCCN=C(N)N)C(=O)NC(Cc1ccccc1)C(=O)O. The third kappa shape index (κ3) is 10.8. The van der Waals surface area contributed by atoms with E-state index in [1.54, 1.807) is 44.2 Å². The Hall–Kier alpha value is -3.67. The highest BCUT2D eigenvalue weighted by Gasteiger charge is 2.29. The van der Waals surface area contributed by atoms with Crippen molar-refractivity contribution in [1.29, 1.82) is 0 Å². The highest BCUT2D eigenvalue weighted by Crippen LogP contribution is 2.07. The third-order valence-corrected chi connectivity index (χ3v) is 4.89. The molecule has 0 aliphatic carbocycles. The van der Waals surface area contributed by atoms with E-state index in [9.17, 15) is 24.3 Å². The van der Waals surface area contributed by atoms with Crippen molar-refractivity contribution in [3.8, 4) is 0 Å². The van der Waals surface area contributed by atoms with Crippen LogP contribution in [0.1, 0.15) is 32.3 Å². The molecule has 34 heavy (non-hydrogen) atoms. The van der Waals surface area contributed by atoms with Gasteiger partial charge in [-0.1, -0.05) is 44.2 Å². The van der Waals surface area contributed by atoms with Crippen LogP contribution in [0.3, 0.4) is 0 Å². The molecule has 1 rings (SSSR count). The molecule has 0 aromatic heterocycles. The van der Waals surface area contributed by atoms with E-state index in [0.717, 1.165) is 5.56 Å². The van der Waals surface area contributed by atoms with Crippen molar-refractivity contribution >= 4 is 29.7 Å². The molecular formula is C22H35N7O5. The molecule has 3 unspecified atom stereocenters. The van der Waals surface area contributed by atoms with Crippen LogP contribution >= 0.6 is 0 Å². The second-order valence-electron chi connectivity index (χ2n) is 8.15. The van der Waals surface area contributed by atoms with Gasteiger partial charge in [-0.25, -0.2) is 4.79 Å². The topological polar surface area (TPSA) is 215 Å². The molecule has 12 heteroatoms. The smallest absolute Gasteiger partial charge is 0.326 e. The zero-order valence-corrected chi connectivity index (χ0v) is 19.5. The second-order valence-corrected chi connectivity index (χ2v) is 8.15. The Morgan fingerprint density at radius 3 is 2.24 bits per heavy atom. The Balaban J connectivity index is 2.59. The van der Waals surface area contributed by atoms with Crippen LogP contribution in [0.2, 0.25) is 0 Å². The van der Waals surface area contributed by atoms with Crippen molar-refractivity contribution < 1.29 is 24.3 Å². The number of carbonyl (C=O) groups is 4. The molecular weight excluding hydrogens is 442 g/mol. The summed E-state index contributed by atoms with van der Waals surface area (Å²) < 4.78 is 0. The summed E-state index contributed by atoms with van der Waals surface area (Å²) in [7, 11) is 0. The Labute approximate surface area is 198 Å². The maximum atomic E-state index is 12.7. The molecule has 0 saturated heterocycles. The first-order valence-corrected chi connectivity index (χ1v) is 11.0. The van der Waals surface area contributed by atoms with Crippen LogP contribution < -0.4 is 33.2 Å². The maximum absolute atomic E-state index is 12.7. The zero-order chi connectivity index (χ0) is 25.7. The van der Waals surface area contributed by atoms with Gasteiger partial charge < -0.3 is 38.3 Å². The summed E-state index contributed by atoms with van der Waals surface area (Å²) in [6, 6.07) is 5.88. The van der Waals surface area contributed by atoms with Gasteiger partial charge in [-0.3, -0.25) is 19.4 Å². The van der Waals surface area contributed by atoms with Crippen LogP contribution in [0.5, 0.6) is 0 Å². The standard InChI is InChI=1S/C22H35N7O5/c1-13(2)18(20(32)28-16(21(33)34)11-14-7-4-3-5-8-14)29-17(30)12-27-19(31)15(23)9-6-10-26-22(24)25/h3-5,7-8,13,15-16,18H,6,9-12,23H2,1-2H3,(H,27,31)(H,28,32)(H,29,30)(H,33,34)(H4,24,25,26). The van der Waals surface area contributed by atoms with E-state index < -0.39 is 41.8 Å². The first-order valence-electron chi connectivity index (χ1n) is 11.0. The molecule has 0 aliphatic heterocycles. The largest absolute Gasteiger partial charge is 0.480 e. The number of hydrogen-bond acceptors (Lipinski definition) is 6. The van der Waals surface area contributed by atoms with Crippen LogP contribution in [0, 0.1) is 5.92 Å². The minimum Gasteiger partial charge on any atom is -0.480 e. The monoisotopic (exact) mass is 477 g/mol. The van der Waals surface area contributed by atoms with Gasteiger partial charge in [0.25, 0.3) is 0 Å². The van der Waals surface area contributed by atoms with Crippen molar-refractivity contribution in [2.24, 2.45) is 28.1 Å². The van der Waals surface area contributed by atoms with Gasteiger partial charge in [0.1, 0.15) is 12.1 Å². The fourth-order valence-electron chi connectivity index (χ4n) is 3.02. The summed E-state index contributed by atoms with van der Waals surface area (Å²) in [6.45, 7) is 3.37. The van der Waals surface area contributed by atoms with E-state index in [0.29, 0.717) is 19.4 Å². The zero-order valence-electron chi connectivity index (χ0n) is 19.5. The molecule has 0 heterocycles. The Morgan fingerprint density at radius 2 is 1.68 bits per heavy atom. The van der Waals surface area contributed by atoms with Crippen molar-refractivity contribution in [3.63, 3.8) is 0 Å². The molecule has 1 aromatic carbocycles. The highest BCUT2D eigenvalue weighted by molar-refractivity contribution is 5.92. The number of carboxylic acid groups (broad SMARTS) is 1. The first-order chi connectivity index (χ1) is 16.0. The lowest BCUT2D eigenvalue weighted by Gasteiger charge is -2.24. The minimum absolute atomic E-state index is 0.0480. The number of nitrogens with one attached hydrogen (secondary N) is 3. The lowest BCUT2D eigenvalue weighted by atomic mass is 10.0. The number of aliphatic imine (C=N–C) groups is 1. The van der Waals surface area contributed by atoms with Gasteiger partial charge in [-0.15, -0.1) is 0 Å². The summed E-state index contributed by atoms with van der Waals surface area (Å²) in [5.74, 6) is -3.33. The number of nitrogens with two attached hydrogens (primary N) is 3. The maximum Gasteiger partial charge on any atom is 0.326 e. The van der Waals surface area contributed by atoms with Crippen molar-refractivity contribution in [1.82, 2.24) is 16.0 Å². The van der Waals surface area contributed by atoms with Gasteiger partial charge in [0.05, 0.1) is 12.6 Å². The molecule has 3 amide bonds. The van der Waals surface area contributed by atoms with Gasteiger partial charge in [0, 0.05) is 13.0 Å². The number of benzene rings is 1. The number of carbonyl (C=O) groups excluding carboxylic acids is 3. The Kier molecular flexibility index (Phi) is 12.1. The van der Waals surface area contributed by atoms with E-state index in [2.05, 4.69) is 20.9 Å². The summed E-state index contributed by atoms with van der Waals surface area (Å²) in [6.07, 6.45) is 0.902. The van der Waals surface area contributed by atoms with E-state index in [1.807, 2.05) is 0 Å². The number of aliphatic carboxylic acids is 1. The van der Waals surface area contributed by atoms with Crippen LogP contribution in [0.15, 0.2) is 35.3 Å². The van der Waals surface area contributed by atoms with Crippen molar-refractivity contribution in [3.05, 3.63) is 35.9 Å². The van der Waals surface area contributed by atoms with E-state index in [-0.39, 0.29) is 24.8 Å². The molecule has 0 fully saturated rings. The molecule has 10 N–H and O–H groups in total. The fourth-order valence-corrected chi connectivity index (χ4v) is 3.02. The quantitative estimate of drug-likeness (QED) is 0.0942. The Bertz CT molecular complexity index is 856. The molecule has 12 nitrogen and oxygen atoms in total. The van der Waals surface area contributed by atoms with Gasteiger partial charge in [0.15, 0.2) is 5.96 Å². The van der Waals surface area contributed by atoms with E-state index in [4.69, 9.17) is 17.2 Å². The summed E-state index contributed by atoms with van der Waals surface area (Å²) >= 11 is 0. The molecule has 0 aliphatic rings. The lowest BCUT2D eigenvalue weighted by molar-refractivity contribution is -0.142. The number of hydrogen-bond donors (Lipinski definition) is 7. The highest BCUT2D eigenvalue weighted by atomic mass is 16.4. The van der Waals surface area contributed by atoms with Crippen LogP contribution in [-0.4, -0.2) is 66.0 Å². The number of amides is 3. The second kappa shape index (κ2) is 14.5. The number of nitrogens with zero attached hydrogens (tertiary/aromatic N) is 1. The van der Waals surface area contributed by atoms with E-state index >= 15 is 0 Å². The van der Waals surface area contributed by atoms with Gasteiger partial charge in [0.2, 0.25) is 17.7 Å². The van der Waals surface area contributed by atoms with Crippen LogP contribution in [-0.2, 0) is 25.6 Å². The van der Waals surface area contributed by atoms with Crippen LogP contribution in [0.4, 0.5) is 0 Å². The van der Waals surface area contributed by atoms with Gasteiger partial charge in [-0.05, 0) is 24.3 Å². The summed E-state index contributed by atoms with van der Waals surface area (Å²) in [5, 5.41) is 16.9. The average molecular weight is 478 g/mol. The predicted octanol–water partition coefficient (Wildman–Crippen LogP) is -1.56. The molecule has 0 saturated carbocycles. The van der Waals surface area contributed by atoms with Gasteiger partial charge >= 0.3 is 5.97 Å². The third-order valence-electron chi connectivity index (χ3n) is 4.89. The fraction of sp³-hybridized carbons (Fsp3) is 0.500. The molecule has 0 bridgehead atoms. The number of carboxylic acids is 1. The average Bonchev–Trinajstić information content (AvgIpc) is 2.78. The van der Waals surface area contributed by atoms with Crippen molar-refractivity contribution in [2.45, 2.75) is 51.2 Å². The molecule has 0 radical (unpaired) electrons. The summed E-state index contributed by atoms with van der Waals surface area (Å²) in [5.41, 5.74) is 17.0.